The van der Waals surface area contributed by atoms with Gasteiger partial charge < -0.3 is 14.2 Å². The third kappa shape index (κ3) is 2.69. The van der Waals surface area contributed by atoms with Crippen molar-refractivity contribution in [2.24, 2.45) is 7.05 Å². The Morgan fingerprint density at radius 3 is 2.95 bits per heavy atom. The van der Waals surface area contributed by atoms with Gasteiger partial charge in [-0.1, -0.05) is 6.07 Å². The normalized spacial score (nSPS) is 18.8. The van der Waals surface area contributed by atoms with E-state index in [-0.39, 0.29) is 12.0 Å². The van der Waals surface area contributed by atoms with Gasteiger partial charge in [0.25, 0.3) is 5.91 Å². The summed E-state index contributed by atoms with van der Waals surface area (Å²) >= 11 is 0. The van der Waals surface area contributed by atoms with Crippen molar-refractivity contribution < 1.29 is 9.53 Å². The lowest BCUT2D eigenvalue weighted by Gasteiger charge is -2.33. The first kappa shape index (κ1) is 13.8. The first-order valence-electron chi connectivity index (χ1n) is 7.09. The van der Waals surface area contributed by atoms with E-state index in [1.807, 2.05) is 47.8 Å². The van der Waals surface area contributed by atoms with Crippen molar-refractivity contribution in [3.8, 4) is 0 Å². The monoisotopic (exact) mass is 285 g/mol. The molecular weight excluding hydrogens is 266 g/mol. The van der Waals surface area contributed by atoms with E-state index in [0.717, 1.165) is 16.8 Å². The molecular formula is C16H19N3O2. The number of amides is 1. The van der Waals surface area contributed by atoms with E-state index in [0.29, 0.717) is 19.7 Å². The van der Waals surface area contributed by atoms with Crippen molar-refractivity contribution in [3.63, 3.8) is 0 Å². The van der Waals surface area contributed by atoms with Gasteiger partial charge in [-0.2, -0.15) is 0 Å². The summed E-state index contributed by atoms with van der Waals surface area (Å²) in [6.07, 6.45) is 5.36. The SMILES string of the molecule is Cc1c(C(=O)N2CCOC(c3cccnc3)C2)ccn1C. The maximum absolute atomic E-state index is 12.7. The lowest BCUT2D eigenvalue weighted by atomic mass is 10.1. The highest BCUT2D eigenvalue weighted by Gasteiger charge is 2.27. The zero-order valence-electron chi connectivity index (χ0n) is 12.3. The number of rotatable bonds is 2. The summed E-state index contributed by atoms with van der Waals surface area (Å²) in [5.41, 5.74) is 2.77. The average molecular weight is 285 g/mol. The lowest BCUT2D eigenvalue weighted by molar-refractivity contribution is -0.0229. The molecule has 0 aliphatic carbocycles. The van der Waals surface area contributed by atoms with Crippen LogP contribution < -0.4 is 0 Å². The highest BCUT2D eigenvalue weighted by atomic mass is 16.5. The molecule has 1 aliphatic rings. The quantitative estimate of drug-likeness (QED) is 0.847. The Morgan fingerprint density at radius 2 is 2.29 bits per heavy atom. The van der Waals surface area contributed by atoms with Gasteiger partial charge in [-0.05, 0) is 19.1 Å². The van der Waals surface area contributed by atoms with Crippen LogP contribution in [0.5, 0.6) is 0 Å². The molecule has 5 nitrogen and oxygen atoms in total. The van der Waals surface area contributed by atoms with Crippen molar-refractivity contribution in [1.29, 1.82) is 0 Å². The first-order chi connectivity index (χ1) is 10.2. The Kier molecular flexibility index (Phi) is 3.75. The topological polar surface area (TPSA) is 47.4 Å². The van der Waals surface area contributed by atoms with Crippen LogP contribution in [0.15, 0.2) is 36.8 Å². The fraction of sp³-hybridized carbons (Fsp3) is 0.375. The molecule has 110 valence electrons. The van der Waals surface area contributed by atoms with Gasteiger partial charge in [-0.3, -0.25) is 9.78 Å². The number of pyridine rings is 1. The Morgan fingerprint density at radius 1 is 1.43 bits per heavy atom. The molecule has 0 bridgehead atoms. The van der Waals surface area contributed by atoms with Crippen LogP contribution in [0.2, 0.25) is 0 Å². The summed E-state index contributed by atoms with van der Waals surface area (Å²) in [6.45, 7) is 3.71. The van der Waals surface area contributed by atoms with E-state index in [1.165, 1.54) is 0 Å². The molecule has 1 atom stereocenters. The number of carbonyl (C=O) groups is 1. The van der Waals surface area contributed by atoms with Gasteiger partial charge in [0.15, 0.2) is 0 Å². The van der Waals surface area contributed by atoms with Gasteiger partial charge in [0, 0.05) is 43.4 Å². The number of hydrogen-bond donors (Lipinski definition) is 0. The molecule has 3 heterocycles. The molecule has 2 aromatic heterocycles. The molecule has 0 N–H and O–H groups in total. The fourth-order valence-electron chi connectivity index (χ4n) is 2.61. The molecule has 3 rings (SSSR count). The zero-order valence-corrected chi connectivity index (χ0v) is 12.3. The molecule has 21 heavy (non-hydrogen) atoms. The van der Waals surface area contributed by atoms with E-state index < -0.39 is 0 Å². The summed E-state index contributed by atoms with van der Waals surface area (Å²) in [5.74, 6) is 0.0743. The van der Waals surface area contributed by atoms with Gasteiger partial charge in [0.1, 0.15) is 6.10 Å². The van der Waals surface area contributed by atoms with Crippen molar-refractivity contribution in [1.82, 2.24) is 14.5 Å². The maximum Gasteiger partial charge on any atom is 0.255 e. The second-order valence-electron chi connectivity index (χ2n) is 5.32. The molecule has 1 amide bonds. The minimum Gasteiger partial charge on any atom is -0.370 e. The fourth-order valence-corrected chi connectivity index (χ4v) is 2.61. The summed E-state index contributed by atoms with van der Waals surface area (Å²) in [6, 6.07) is 5.76. The summed E-state index contributed by atoms with van der Waals surface area (Å²) < 4.78 is 7.74. The molecule has 1 unspecified atom stereocenters. The number of hydrogen-bond acceptors (Lipinski definition) is 3. The average Bonchev–Trinajstić information content (AvgIpc) is 2.87. The van der Waals surface area contributed by atoms with Crippen LogP contribution in [0.25, 0.3) is 0 Å². The third-order valence-electron chi connectivity index (χ3n) is 4.02. The van der Waals surface area contributed by atoms with Crippen molar-refractivity contribution >= 4 is 5.91 Å². The van der Waals surface area contributed by atoms with Gasteiger partial charge in [-0.25, -0.2) is 0 Å². The number of aromatic nitrogens is 2. The molecule has 1 saturated heterocycles. The second-order valence-corrected chi connectivity index (χ2v) is 5.32. The first-order valence-corrected chi connectivity index (χ1v) is 7.09. The van der Waals surface area contributed by atoms with Crippen LogP contribution in [-0.4, -0.2) is 40.1 Å². The van der Waals surface area contributed by atoms with E-state index >= 15 is 0 Å². The van der Waals surface area contributed by atoms with E-state index in [2.05, 4.69) is 4.98 Å². The molecule has 1 fully saturated rings. The van der Waals surface area contributed by atoms with Crippen LogP contribution in [0, 0.1) is 6.92 Å². The van der Waals surface area contributed by atoms with Gasteiger partial charge >= 0.3 is 0 Å². The predicted molar refractivity (Wildman–Crippen MR) is 79.0 cm³/mol. The van der Waals surface area contributed by atoms with Crippen molar-refractivity contribution in [2.45, 2.75) is 13.0 Å². The Bertz CT molecular complexity index is 636. The number of nitrogens with zero attached hydrogens (tertiary/aromatic N) is 3. The van der Waals surface area contributed by atoms with Gasteiger partial charge in [0.05, 0.1) is 18.7 Å². The van der Waals surface area contributed by atoms with Crippen molar-refractivity contribution in [3.05, 3.63) is 53.6 Å². The highest BCUT2D eigenvalue weighted by molar-refractivity contribution is 5.95. The van der Waals surface area contributed by atoms with Gasteiger partial charge in [0.2, 0.25) is 0 Å². The van der Waals surface area contributed by atoms with Crippen molar-refractivity contribution in [2.75, 3.05) is 19.7 Å². The summed E-state index contributed by atoms with van der Waals surface area (Å²) in [5, 5.41) is 0. The minimum absolute atomic E-state index is 0.0743. The molecule has 0 spiro atoms. The van der Waals surface area contributed by atoms with Crippen LogP contribution in [0.3, 0.4) is 0 Å². The largest absolute Gasteiger partial charge is 0.370 e. The maximum atomic E-state index is 12.7. The molecule has 0 saturated carbocycles. The number of carbonyl (C=O) groups excluding carboxylic acids is 1. The van der Waals surface area contributed by atoms with E-state index in [9.17, 15) is 4.79 Å². The number of ether oxygens (including phenoxy) is 1. The minimum atomic E-state index is -0.0968. The van der Waals surface area contributed by atoms with Crippen LogP contribution in [0.4, 0.5) is 0 Å². The molecule has 2 aromatic rings. The number of morpholine rings is 1. The predicted octanol–water partition coefficient (Wildman–Crippen LogP) is 1.94. The van der Waals surface area contributed by atoms with Crippen LogP contribution in [-0.2, 0) is 11.8 Å². The smallest absolute Gasteiger partial charge is 0.255 e. The Hall–Kier alpha value is -2.14. The van der Waals surface area contributed by atoms with E-state index in [4.69, 9.17) is 4.74 Å². The molecule has 0 radical (unpaired) electrons. The van der Waals surface area contributed by atoms with Gasteiger partial charge in [-0.15, -0.1) is 0 Å². The standard InChI is InChI=1S/C16H19N3O2/c1-12-14(5-7-18(12)2)16(20)19-8-9-21-15(11-19)13-4-3-6-17-10-13/h3-7,10,15H,8-9,11H2,1-2H3. The molecule has 5 heteroatoms. The van der Waals surface area contributed by atoms with E-state index in [1.54, 1.807) is 12.4 Å². The lowest BCUT2D eigenvalue weighted by Crippen LogP contribution is -2.42. The Balaban J connectivity index is 1.77. The molecule has 1 aliphatic heterocycles. The highest BCUT2D eigenvalue weighted by Crippen LogP contribution is 2.23. The Labute approximate surface area is 124 Å². The second kappa shape index (κ2) is 5.69. The molecule has 0 aromatic carbocycles. The summed E-state index contributed by atoms with van der Waals surface area (Å²) in [7, 11) is 1.95. The third-order valence-corrected chi connectivity index (χ3v) is 4.02. The zero-order chi connectivity index (χ0) is 14.8. The van der Waals surface area contributed by atoms with Crippen LogP contribution in [0.1, 0.15) is 27.7 Å². The summed E-state index contributed by atoms with van der Waals surface area (Å²) in [4.78, 5) is 18.6. The number of aryl methyl sites for hydroxylation is 1. The van der Waals surface area contributed by atoms with Crippen LogP contribution >= 0.6 is 0 Å².